The third-order valence-electron chi connectivity index (χ3n) is 1.92. The van der Waals surface area contributed by atoms with E-state index in [-0.39, 0.29) is 6.42 Å². The molecular weight excluding hydrogens is 208 g/mol. The van der Waals surface area contributed by atoms with Gasteiger partial charge in [0, 0.05) is 12.8 Å². The van der Waals surface area contributed by atoms with Gasteiger partial charge in [-0.1, -0.05) is 18.2 Å². The number of hydrogen-bond acceptors (Lipinski definition) is 4. The Hall–Kier alpha value is -1.97. The summed E-state index contributed by atoms with van der Waals surface area (Å²) < 4.78 is 4.59. The Morgan fingerprint density at radius 2 is 1.88 bits per heavy atom. The normalized spacial score (nSPS) is 9.50. The van der Waals surface area contributed by atoms with E-state index in [1.807, 2.05) is 0 Å². The van der Waals surface area contributed by atoms with E-state index in [2.05, 4.69) is 4.74 Å². The van der Waals surface area contributed by atoms with E-state index in [0.717, 1.165) is 6.29 Å². The molecule has 0 aliphatic carbocycles. The Morgan fingerprint density at radius 3 is 2.50 bits per heavy atom. The smallest absolute Gasteiger partial charge is 0.345 e. The third-order valence-corrected chi connectivity index (χ3v) is 1.92. The highest BCUT2D eigenvalue weighted by Crippen LogP contribution is 2.03. The molecule has 0 unspecified atom stereocenters. The van der Waals surface area contributed by atoms with Crippen LogP contribution in [0.3, 0.4) is 0 Å². The third kappa shape index (κ3) is 4.04. The standard InChI is InChI=1S/C12H12O4/c13-9-5-4-8-11(14)16-12(15)10-6-2-1-3-7-10/h1-3,6-7,9H,4-5,8H2. The lowest BCUT2D eigenvalue weighted by Gasteiger charge is -2.01. The summed E-state index contributed by atoms with van der Waals surface area (Å²) in [6.45, 7) is 0. The number of carbonyl (C=O) groups is 3. The summed E-state index contributed by atoms with van der Waals surface area (Å²) in [5.74, 6) is -1.26. The molecule has 1 rings (SSSR count). The summed E-state index contributed by atoms with van der Waals surface area (Å²) in [7, 11) is 0. The molecule has 0 aliphatic heterocycles. The number of rotatable bonds is 5. The van der Waals surface area contributed by atoms with E-state index < -0.39 is 11.9 Å². The molecule has 0 aromatic heterocycles. The van der Waals surface area contributed by atoms with E-state index in [0.29, 0.717) is 18.4 Å². The molecule has 0 heterocycles. The van der Waals surface area contributed by atoms with Crippen LogP contribution in [0.15, 0.2) is 30.3 Å². The summed E-state index contributed by atoms with van der Waals surface area (Å²) in [4.78, 5) is 32.5. The van der Waals surface area contributed by atoms with Gasteiger partial charge in [-0.3, -0.25) is 4.79 Å². The number of aldehydes is 1. The van der Waals surface area contributed by atoms with Crippen LogP contribution >= 0.6 is 0 Å². The fourth-order valence-electron chi connectivity index (χ4n) is 1.12. The van der Waals surface area contributed by atoms with Crippen molar-refractivity contribution in [2.45, 2.75) is 19.3 Å². The second kappa shape index (κ2) is 6.50. The van der Waals surface area contributed by atoms with Gasteiger partial charge in [-0.2, -0.15) is 0 Å². The Bertz CT molecular complexity index is 370. The second-order valence-corrected chi connectivity index (χ2v) is 3.19. The van der Waals surface area contributed by atoms with Crippen LogP contribution in [0.25, 0.3) is 0 Å². The van der Waals surface area contributed by atoms with Crippen molar-refractivity contribution in [3.63, 3.8) is 0 Å². The van der Waals surface area contributed by atoms with E-state index in [9.17, 15) is 14.4 Å². The van der Waals surface area contributed by atoms with E-state index >= 15 is 0 Å². The van der Waals surface area contributed by atoms with Gasteiger partial charge in [-0.15, -0.1) is 0 Å². The van der Waals surface area contributed by atoms with Gasteiger partial charge < -0.3 is 9.53 Å². The highest BCUT2D eigenvalue weighted by Gasteiger charge is 2.11. The molecule has 0 fully saturated rings. The molecule has 1 aromatic rings. The van der Waals surface area contributed by atoms with Crippen molar-refractivity contribution < 1.29 is 19.1 Å². The summed E-state index contributed by atoms with van der Waals surface area (Å²) in [6, 6.07) is 8.28. The van der Waals surface area contributed by atoms with Crippen LogP contribution in [-0.2, 0) is 14.3 Å². The summed E-state index contributed by atoms with van der Waals surface area (Å²) in [5.41, 5.74) is 0.339. The summed E-state index contributed by atoms with van der Waals surface area (Å²) >= 11 is 0. The number of carbonyl (C=O) groups excluding carboxylic acids is 3. The predicted octanol–water partition coefficient (Wildman–Crippen LogP) is 1.74. The zero-order valence-electron chi connectivity index (χ0n) is 8.72. The molecule has 0 radical (unpaired) electrons. The molecule has 0 aliphatic rings. The zero-order chi connectivity index (χ0) is 11.8. The minimum Gasteiger partial charge on any atom is -0.389 e. The molecule has 4 heteroatoms. The van der Waals surface area contributed by atoms with Crippen molar-refractivity contribution in [2.24, 2.45) is 0 Å². The Kier molecular flexibility index (Phi) is 4.92. The minimum atomic E-state index is -0.656. The Balaban J connectivity index is 2.40. The van der Waals surface area contributed by atoms with Crippen LogP contribution < -0.4 is 0 Å². The van der Waals surface area contributed by atoms with Crippen molar-refractivity contribution in [1.29, 1.82) is 0 Å². The molecule has 0 spiro atoms. The van der Waals surface area contributed by atoms with Crippen molar-refractivity contribution >= 4 is 18.2 Å². The molecule has 0 saturated carbocycles. The van der Waals surface area contributed by atoms with Crippen LogP contribution in [0.1, 0.15) is 29.6 Å². The van der Waals surface area contributed by atoms with Crippen molar-refractivity contribution in [2.75, 3.05) is 0 Å². The molecule has 0 saturated heterocycles. The topological polar surface area (TPSA) is 60.4 Å². The van der Waals surface area contributed by atoms with Gasteiger partial charge in [0.1, 0.15) is 6.29 Å². The molecule has 0 N–H and O–H groups in total. The number of benzene rings is 1. The highest BCUT2D eigenvalue weighted by molar-refractivity contribution is 5.96. The average molecular weight is 220 g/mol. The SMILES string of the molecule is O=CCCCC(=O)OC(=O)c1ccccc1. The fourth-order valence-corrected chi connectivity index (χ4v) is 1.12. The van der Waals surface area contributed by atoms with Crippen LogP contribution in [0.2, 0.25) is 0 Å². The maximum Gasteiger partial charge on any atom is 0.345 e. The molecule has 84 valence electrons. The zero-order valence-corrected chi connectivity index (χ0v) is 8.72. The summed E-state index contributed by atoms with van der Waals surface area (Å²) in [5, 5.41) is 0. The van der Waals surface area contributed by atoms with Crippen LogP contribution in [0, 0.1) is 0 Å². The van der Waals surface area contributed by atoms with Gasteiger partial charge in [0.05, 0.1) is 5.56 Å². The number of esters is 2. The number of unbranched alkanes of at least 4 members (excludes halogenated alkanes) is 1. The van der Waals surface area contributed by atoms with Gasteiger partial charge >= 0.3 is 11.9 Å². The average Bonchev–Trinajstić information content (AvgIpc) is 2.30. The van der Waals surface area contributed by atoms with Crippen LogP contribution in [0.4, 0.5) is 0 Å². The van der Waals surface area contributed by atoms with Gasteiger partial charge in [0.2, 0.25) is 0 Å². The van der Waals surface area contributed by atoms with Gasteiger partial charge in [0.15, 0.2) is 0 Å². The lowest BCUT2D eigenvalue weighted by Crippen LogP contribution is -2.12. The van der Waals surface area contributed by atoms with E-state index in [1.54, 1.807) is 30.3 Å². The van der Waals surface area contributed by atoms with Gasteiger partial charge in [-0.25, -0.2) is 4.79 Å². The molecule has 4 nitrogen and oxygen atoms in total. The molecule has 1 aromatic carbocycles. The lowest BCUT2D eigenvalue weighted by atomic mass is 10.2. The predicted molar refractivity (Wildman–Crippen MR) is 56.8 cm³/mol. The van der Waals surface area contributed by atoms with Crippen LogP contribution in [0.5, 0.6) is 0 Å². The first-order valence-corrected chi connectivity index (χ1v) is 4.97. The Labute approximate surface area is 93.2 Å². The van der Waals surface area contributed by atoms with E-state index in [4.69, 9.17) is 0 Å². The second-order valence-electron chi connectivity index (χ2n) is 3.19. The first-order chi connectivity index (χ1) is 7.74. The molecule has 0 bridgehead atoms. The largest absolute Gasteiger partial charge is 0.389 e. The first kappa shape index (κ1) is 12.1. The summed E-state index contributed by atoms with van der Waals surface area (Å²) in [6.07, 6.45) is 1.52. The van der Waals surface area contributed by atoms with Gasteiger partial charge in [0.25, 0.3) is 0 Å². The molecular formula is C12H12O4. The molecule has 16 heavy (non-hydrogen) atoms. The van der Waals surface area contributed by atoms with Crippen molar-refractivity contribution in [3.05, 3.63) is 35.9 Å². The first-order valence-electron chi connectivity index (χ1n) is 4.97. The van der Waals surface area contributed by atoms with Crippen LogP contribution in [-0.4, -0.2) is 18.2 Å². The van der Waals surface area contributed by atoms with E-state index in [1.165, 1.54) is 0 Å². The lowest BCUT2D eigenvalue weighted by molar-refractivity contribution is -0.138. The Morgan fingerprint density at radius 1 is 1.19 bits per heavy atom. The number of ether oxygens (including phenoxy) is 1. The number of hydrogen-bond donors (Lipinski definition) is 0. The minimum absolute atomic E-state index is 0.0807. The quantitative estimate of drug-likeness (QED) is 0.328. The maximum atomic E-state index is 11.4. The van der Waals surface area contributed by atoms with Gasteiger partial charge in [-0.05, 0) is 18.6 Å². The fraction of sp³-hybridized carbons (Fsp3) is 0.250. The molecule has 0 atom stereocenters. The highest BCUT2D eigenvalue weighted by atomic mass is 16.6. The maximum absolute atomic E-state index is 11.4. The van der Waals surface area contributed by atoms with Crippen molar-refractivity contribution in [1.82, 2.24) is 0 Å². The molecule has 0 amide bonds. The monoisotopic (exact) mass is 220 g/mol. The van der Waals surface area contributed by atoms with Crippen molar-refractivity contribution in [3.8, 4) is 0 Å².